The summed E-state index contributed by atoms with van der Waals surface area (Å²) in [6, 6.07) is 1.52. The van der Waals surface area contributed by atoms with Crippen molar-refractivity contribution in [3.05, 3.63) is 33.2 Å². The summed E-state index contributed by atoms with van der Waals surface area (Å²) in [4.78, 5) is 4.71. The number of aromatic nitrogens is 1. The molecule has 1 N–H and O–H groups in total. The van der Waals surface area contributed by atoms with Gasteiger partial charge in [0.2, 0.25) is 0 Å². The fourth-order valence-electron chi connectivity index (χ4n) is 2.59. The van der Waals surface area contributed by atoms with E-state index < -0.39 is 0 Å². The number of aryl methyl sites for hydroxylation is 1. The quantitative estimate of drug-likeness (QED) is 0.870. The van der Waals surface area contributed by atoms with E-state index in [1.807, 2.05) is 14.0 Å². The number of ether oxygens (including phenoxy) is 1. The normalized spacial score (nSPS) is 14.5. The molecule has 0 bridgehead atoms. The van der Waals surface area contributed by atoms with Crippen molar-refractivity contribution in [2.45, 2.75) is 20.0 Å². The fraction of sp³-hybridized carbons (Fsp3) is 0.357. The molecule has 1 aliphatic rings. The minimum atomic E-state index is -0.264. The summed E-state index contributed by atoms with van der Waals surface area (Å²) in [5, 5.41) is 3.97. The summed E-state index contributed by atoms with van der Waals surface area (Å²) >= 11 is 3.34. The van der Waals surface area contributed by atoms with Gasteiger partial charge in [0, 0.05) is 24.4 Å². The summed E-state index contributed by atoms with van der Waals surface area (Å²) in [5.74, 6) is -0.264. The molecule has 19 heavy (non-hydrogen) atoms. The van der Waals surface area contributed by atoms with Gasteiger partial charge in [-0.1, -0.05) is 0 Å². The van der Waals surface area contributed by atoms with Gasteiger partial charge in [0.25, 0.3) is 0 Å². The molecule has 1 aliphatic heterocycles. The van der Waals surface area contributed by atoms with Gasteiger partial charge >= 0.3 is 0 Å². The largest absolute Gasteiger partial charge is 0.387 e. The van der Waals surface area contributed by atoms with Crippen LogP contribution in [0.1, 0.15) is 16.8 Å². The lowest BCUT2D eigenvalue weighted by Gasteiger charge is -2.22. The van der Waals surface area contributed by atoms with Crippen LogP contribution in [-0.4, -0.2) is 18.6 Å². The Hall–Kier alpha value is -1.20. The molecule has 5 heteroatoms. The number of hydrogen-bond acceptors (Lipinski definition) is 3. The molecule has 0 radical (unpaired) electrons. The highest BCUT2D eigenvalue weighted by Gasteiger charge is 2.21. The SMILES string of the molecule is CNc1c2c(nc3c(C)cc(F)c(Br)c13)CCOC2. The van der Waals surface area contributed by atoms with Gasteiger partial charge < -0.3 is 10.1 Å². The highest BCUT2D eigenvalue weighted by atomic mass is 79.9. The van der Waals surface area contributed by atoms with Crippen LogP contribution in [0.15, 0.2) is 10.5 Å². The maximum Gasteiger partial charge on any atom is 0.138 e. The third-order valence-corrected chi connectivity index (χ3v) is 4.28. The minimum absolute atomic E-state index is 0.264. The van der Waals surface area contributed by atoms with E-state index in [-0.39, 0.29) is 5.82 Å². The molecule has 0 amide bonds. The number of benzene rings is 1. The number of anilines is 1. The van der Waals surface area contributed by atoms with Crippen LogP contribution in [0, 0.1) is 12.7 Å². The highest BCUT2D eigenvalue weighted by molar-refractivity contribution is 9.10. The van der Waals surface area contributed by atoms with Crippen LogP contribution in [0.4, 0.5) is 10.1 Å². The van der Waals surface area contributed by atoms with Crippen LogP contribution in [0.2, 0.25) is 0 Å². The van der Waals surface area contributed by atoms with E-state index >= 15 is 0 Å². The number of pyridine rings is 1. The van der Waals surface area contributed by atoms with E-state index in [1.165, 1.54) is 6.07 Å². The second-order valence-electron chi connectivity index (χ2n) is 4.68. The van der Waals surface area contributed by atoms with Gasteiger partial charge in [-0.15, -0.1) is 0 Å². The summed E-state index contributed by atoms with van der Waals surface area (Å²) < 4.78 is 19.9. The lowest BCUT2D eigenvalue weighted by molar-refractivity contribution is 0.110. The predicted octanol–water partition coefficient (Wildman–Crippen LogP) is 3.56. The van der Waals surface area contributed by atoms with Crippen molar-refractivity contribution < 1.29 is 9.13 Å². The minimum Gasteiger partial charge on any atom is -0.387 e. The highest BCUT2D eigenvalue weighted by Crippen LogP contribution is 2.38. The van der Waals surface area contributed by atoms with E-state index in [0.29, 0.717) is 17.7 Å². The first kappa shape index (κ1) is 12.8. The van der Waals surface area contributed by atoms with Crippen LogP contribution in [0.3, 0.4) is 0 Å². The molecule has 100 valence electrons. The van der Waals surface area contributed by atoms with Crippen LogP contribution >= 0.6 is 15.9 Å². The molecule has 0 saturated carbocycles. The Bertz CT molecular complexity index is 673. The standard InChI is InChI=1S/C14H14BrFN2O/c1-7-5-9(16)12(15)11-13(7)18-10-3-4-19-6-8(10)14(11)17-2/h5H,3-4,6H2,1-2H3,(H,17,18). The van der Waals surface area contributed by atoms with Gasteiger partial charge in [0.1, 0.15) is 5.82 Å². The van der Waals surface area contributed by atoms with Crippen molar-refractivity contribution in [2.75, 3.05) is 19.0 Å². The molecular weight excluding hydrogens is 311 g/mol. The number of nitrogens with zero attached hydrogens (tertiary/aromatic N) is 1. The number of fused-ring (bicyclic) bond motifs is 2. The topological polar surface area (TPSA) is 34.2 Å². The van der Waals surface area contributed by atoms with E-state index in [2.05, 4.69) is 21.2 Å². The Morgan fingerprint density at radius 2 is 2.26 bits per heavy atom. The zero-order valence-electron chi connectivity index (χ0n) is 10.8. The molecule has 0 unspecified atom stereocenters. The van der Waals surface area contributed by atoms with Gasteiger partial charge in [0.15, 0.2) is 0 Å². The van der Waals surface area contributed by atoms with E-state index in [4.69, 9.17) is 9.72 Å². The second kappa shape index (κ2) is 4.72. The smallest absolute Gasteiger partial charge is 0.138 e. The molecule has 2 heterocycles. The molecule has 1 aromatic carbocycles. The Morgan fingerprint density at radius 3 is 3.00 bits per heavy atom. The number of halogens is 2. The summed E-state index contributed by atoms with van der Waals surface area (Å²) in [5.41, 5.74) is 4.69. The molecule has 3 rings (SSSR count). The van der Waals surface area contributed by atoms with Crippen molar-refractivity contribution >= 4 is 32.5 Å². The van der Waals surface area contributed by atoms with Crippen molar-refractivity contribution in [1.82, 2.24) is 4.98 Å². The molecule has 1 aromatic heterocycles. The third kappa shape index (κ3) is 1.92. The third-order valence-electron chi connectivity index (χ3n) is 3.51. The van der Waals surface area contributed by atoms with Gasteiger partial charge in [-0.3, -0.25) is 4.98 Å². The molecule has 0 aliphatic carbocycles. The Kier molecular flexibility index (Phi) is 3.19. The van der Waals surface area contributed by atoms with Crippen LogP contribution in [-0.2, 0) is 17.8 Å². The van der Waals surface area contributed by atoms with Crippen LogP contribution in [0.5, 0.6) is 0 Å². The van der Waals surface area contributed by atoms with Gasteiger partial charge in [-0.05, 0) is 34.5 Å². The van der Waals surface area contributed by atoms with Crippen molar-refractivity contribution in [3.63, 3.8) is 0 Å². The Balaban J connectivity index is 2.47. The zero-order valence-corrected chi connectivity index (χ0v) is 12.4. The molecule has 0 spiro atoms. The predicted molar refractivity (Wildman–Crippen MR) is 77.0 cm³/mol. The van der Waals surface area contributed by atoms with Crippen molar-refractivity contribution in [3.8, 4) is 0 Å². The van der Waals surface area contributed by atoms with E-state index in [9.17, 15) is 4.39 Å². The molecule has 0 atom stereocenters. The van der Waals surface area contributed by atoms with Gasteiger partial charge in [-0.25, -0.2) is 4.39 Å². The summed E-state index contributed by atoms with van der Waals surface area (Å²) in [6.45, 7) is 3.10. The molecule has 2 aromatic rings. The second-order valence-corrected chi connectivity index (χ2v) is 5.47. The molecular formula is C14H14BrFN2O. The molecule has 3 nitrogen and oxygen atoms in total. The average Bonchev–Trinajstić information content (AvgIpc) is 2.42. The first-order chi connectivity index (χ1) is 9.13. The zero-order chi connectivity index (χ0) is 13.6. The maximum atomic E-state index is 13.9. The first-order valence-corrected chi connectivity index (χ1v) is 6.98. The number of nitrogens with one attached hydrogen (secondary N) is 1. The van der Waals surface area contributed by atoms with Crippen molar-refractivity contribution in [2.24, 2.45) is 0 Å². The first-order valence-electron chi connectivity index (χ1n) is 6.19. The van der Waals surface area contributed by atoms with Crippen LogP contribution < -0.4 is 5.32 Å². The number of hydrogen-bond donors (Lipinski definition) is 1. The van der Waals surface area contributed by atoms with E-state index in [0.717, 1.165) is 39.8 Å². The lowest BCUT2D eigenvalue weighted by Crippen LogP contribution is -2.15. The summed E-state index contributed by atoms with van der Waals surface area (Å²) in [7, 11) is 1.84. The summed E-state index contributed by atoms with van der Waals surface area (Å²) in [6.07, 6.45) is 0.800. The van der Waals surface area contributed by atoms with Crippen LogP contribution in [0.25, 0.3) is 10.9 Å². The molecule has 0 fully saturated rings. The van der Waals surface area contributed by atoms with Gasteiger partial charge in [-0.2, -0.15) is 0 Å². The van der Waals surface area contributed by atoms with E-state index in [1.54, 1.807) is 0 Å². The van der Waals surface area contributed by atoms with Gasteiger partial charge in [0.05, 0.1) is 34.6 Å². The number of rotatable bonds is 1. The van der Waals surface area contributed by atoms with Crippen molar-refractivity contribution in [1.29, 1.82) is 0 Å². The Labute approximate surface area is 119 Å². The monoisotopic (exact) mass is 324 g/mol. The maximum absolute atomic E-state index is 13.9. The lowest BCUT2D eigenvalue weighted by atomic mass is 10.0. The Morgan fingerprint density at radius 1 is 1.47 bits per heavy atom. The molecule has 0 saturated heterocycles. The average molecular weight is 325 g/mol. The fourth-order valence-corrected chi connectivity index (χ4v) is 3.09.